The summed E-state index contributed by atoms with van der Waals surface area (Å²) in [5.74, 6) is 0.123. The maximum absolute atomic E-state index is 11.8. The third-order valence-electron chi connectivity index (χ3n) is 1.98. The van der Waals surface area contributed by atoms with E-state index in [9.17, 15) is 4.79 Å². The van der Waals surface area contributed by atoms with Crippen LogP contribution in [0, 0.1) is 0 Å². The zero-order chi connectivity index (χ0) is 11.1. The highest BCUT2D eigenvalue weighted by atomic mass is 16.2. The van der Waals surface area contributed by atoms with Crippen LogP contribution in [0.2, 0.25) is 0 Å². The molecular weight excluding hydrogens is 174 g/mol. The molecule has 0 radical (unpaired) electrons. The van der Waals surface area contributed by atoms with E-state index in [1.807, 2.05) is 38.7 Å². The lowest BCUT2D eigenvalue weighted by Gasteiger charge is -2.21. The van der Waals surface area contributed by atoms with Gasteiger partial charge in [-0.3, -0.25) is 4.79 Å². The van der Waals surface area contributed by atoms with Crippen molar-refractivity contribution in [3.63, 3.8) is 0 Å². The van der Waals surface area contributed by atoms with Crippen LogP contribution < -0.4 is 0 Å². The smallest absolute Gasteiger partial charge is 0.249 e. The fourth-order valence-corrected chi connectivity index (χ4v) is 1.30. The first-order valence-electron chi connectivity index (χ1n) is 5.13. The van der Waals surface area contributed by atoms with E-state index in [0.29, 0.717) is 6.54 Å². The molecule has 2 nitrogen and oxygen atoms in total. The Kier molecular flexibility index (Phi) is 5.93. The molecule has 0 N–H and O–H groups in total. The van der Waals surface area contributed by atoms with Crippen LogP contribution in [0.4, 0.5) is 0 Å². The quantitative estimate of drug-likeness (QED) is 0.488. The Morgan fingerprint density at radius 2 is 1.93 bits per heavy atom. The highest BCUT2D eigenvalue weighted by molar-refractivity contribution is 5.92. The summed E-state index contributed by atoms with van der Waals surface area (Å²) < 4.78 is 0. The van der Waals surface area contributed by atoms with E-state index in [2.05, 4.69) is 6.58 Å². The van der Waals surface area contributed by atoms with Crippen LogP contribution in [-0.2, 0) is 4.79 Å². The van der Waals surface area contributed by atoms with Crippen molar-refractivity contribution >= 4 is 5.91 Å². The number of nitrogens with zero attached hydrogens (tertiary/aromatic N) is 1. The van der Waals surface area contributed by atoms with Crippen molar-refractivity contribution in [2.75, 3.05) is 13.1 Å². The topological polar surface area (TPSA) is 20.3 Å². The minimum atomic E-state index is 0.123. The van der Waals surface area contributed by atoms with Gasteiger partial charge in [0.2, 0.25) is 5.91 Å². The van der Waals surface area contributed by atoms with Crippen molar-refractivity contribution in [1.29, 1.82) is 0 Å². The van der Waals surface area contributed by atoms with Gasteiger partial charge in [-0.15, -0.1) is 0 Å². The van der Waals surface area contributed by atoms with Gasteiger partial charge in [0.05, 0.1) is 0 Å². The first kappa shape index (κ1) is 12.9. The molecule has 0 rings (SSSR count). The van der Waals surface area contributed by atoms with Crippen LogP contribution in [0.1, 0.15) is 34.1 Å². The number of hydrogen-bond acceptors (Lipinski definition) is 1. The van der Waals surface area contributed by atoms with Crippen LogP contribution in [0.3, 0.4) is 0 Å². The Morgan fingerprint density at radius 1 is 1.36 bits per heavy atom. The molecule has 14 heavy (non-hydrogen) atoms. The van der Waals surface area contributed by atoms with Crippen molar-refractivity contribution < 1.29 is 4.79 Å². The lowest BCUT2D eigenvalue weighted by atomic mass is 10.2. The number of likely N-dealkylation sites (N-methyl/N-ethyl adjacent to an activating group) is 1. The molecule has 0 aliphatic rings. The Balaban J connectivity index is 4.45. The summed E-state index contributed by atoms with van der Waals surface area (Å²) in [7, 11) is 0. The molecular formula is C12H21NO. The number of hydrogen-bond donors (Lipinski definition) is 0. The summed E-state index contributed by atoms with van der Waals surface area (Å²) >= 11 is 0. The lowest BCUT2D eigenvalue weighted by molar-refractivity contribution is -0.126. The SMILES string of the molecule is C=C(C)CN(CC)C(=O)/C(C)=C/CC. The predicted octanol–water partition coefficient (Wildman–Crippen LogP) is 2.77. The largest absolute Gasteiger partial charge is 0.335 e. The standard InChI is InChI=1S/C12H21NO/c1-6-8-11(5)12(14)13(7-2)9-10(3)4/h8H,3,6-7,9H2,1-2,4-5H3/b11-8+. The van der Waals surface area contributed by atoms with Crippen molar-refractivity contribution in [3.05, 3.63) is 23.8 Å². The van der Waals surface area contributed by atoms with Crippen LogP contribution in [0.5, 0.6) is 0 Å². The number of amides is 1. The van der Waals surface area contributed by atoms with E-state index in [4.69, 9.17) is 0 Å². The molecule has 0 atom stereocenters. The summed E-state index contributed by atoms with van der Waals surface area (Å²) in [5.41, 5.74) is 1.85. The number of allylic oxidation sites excluding steroid dienone is 1. The zero-order valence-electron chi connectivity index (χ0n) is 9.76. The van der Waals surface area contributed by atoms with Gasteiger partial charge in [-0.2, -0.15) is 0 Å². The Bertz CT molecular complexity index is 241. The maximum atomic E-state index is 11.8. The van der Waals surface area contributed by atoms with Gasteiger partial charge < -0.3 is 4.90 Å². The fourth-order valence-electron chi connectivity index (χ4n) is 1.30. The molecule has 0 saturated heterocycles. The highest BCUT2D eigenvalue weighted by Crippen LogP contribution is 2.04. The van der Waals surface area contributed by atoms with Crippen LogP contribution in [0.25, 0.3) is 0 Å². The van der Waals surface area contributed by atoms with Crippen molar-refractivity contribution in [3.8, 4) is 0 Å². The third-order valence-corrected chi connectivity index (χ3v) is 1.98. The van der Waals surface area contributed by atoms with Gasteiger partial charge in [-0.1, -0.05) is 25.2 Å². The van der Waals surface area contributed by atoms with Crippen LogP contribution in [-0.4, -0.2) is 23.9 Å². The van der Waals surface area contributed by atoms with Gasteiger partial charge in [-0.25, -0.2) is 0 Å². The van der Waals surface area contributed by atoms with Crippen molar-refractivity contribution in [1.82, 2.24) is 4.90 Å². The molecule has 0 aromatic rings. The summed E-state index contributed by atoms with van der Waals surface area (Å²) in [5, 5.41) is 0. The van der Waals surface area contributed by atoms with Crippen molar-refractivity contribution in [2.24, 2.45) is 0 Å². The summed E-state index contributed by atoms with van der Waals surface area (Å²) in [6, 6.07) is 0. The molecule has 0 fully saturated rings. The van der Waals surface area contributed by atoms with Gasteiger partial charge in [0, 0.05) is 18.7 Å². The van der Waals surface area contributed by atoms with Crippen LogP contribution in [0.15, 0.2) is 23.8 Å². The molecule has 0 unspecified atom stereocenters. The Hall–Kier alpha value is -1.05. The van der Waals surface area contributed by atoms with E-state index in [-0.39, 0.29) is 5.91 Å². The monoisotopic (exact) mass is 195 g/mol. The van der Waals surface area contributed by atoms with Crippen molar-refractivity contribution in [2.45, 2.75) is 34.1 Å². The summed E-state index contributed by atoms with van der Waals surface area (Å²) in [6.07, 6.45) is 2.87. The van der Waals surface area contributed by atoms with E-state index >= 15 is 0 Å². The molecule has 0 spiro atoms. The van der Waals surface area contributed by atoms with Gasteiger partial charge in [0.15, 0.2) is 0 Å². The molecule has 80 valence electrons. The van der Waals surface area contributed by atoms with E-state index in [0.717, 1.165) is 24.1 Å². The fraction of sp³-hybridized carbons (Fsp3) is 0.583. The minimum Gasteiger partial charge on any atom is -0.335 e. The molecule has 0 aromatic carbocycles. The summed E-state index contributed by atoms with van der Waals surface area (Å²) in [4.78, 5) is 13.6. The Morgan fingerprint density at radius 3 is 2.29 bits per heavy atom. The second-order valence-electron chi connectivity index (χ2n) is 3.57. The number of carbonyl (C=O) groups is 1. The van der Waals surface area contributed by atoms with E-state index < -0.39 is 0 Å². The molecule has 2 heteroatoms. The Labute approximate surface area is 87.3 Å². The molecule has 0 saturated carbocycles. The minimum absolute atomic E-state index is 0.123. The van der Waals surface area contributed by atoms with Crippen LogP contribution >= 0.6 is 0 Å². The van der Waals surface area contributed by atoms with E-state index in [1.165, 1.54) is 0 Å². The molecule has 0 aliphatic heterocycles. The highest BCUT2D eigenvalue weighted by Gasteiger charge is 2.12. The lowest BCUT2D eigenvalue weighted by Crippen LogP contribution is -2.32. The molecule has 1 amide bonds. The van der Waals surface area contributed by atoms with Gasteiger partial charge >= 0.3 is 0 Å². The average Bonchev–Trinajstić information content (AvgIpc) is 2.13. The van der Waals surface area contributed by atoms with Gasteiger partial charge in [0.1, 0.15) is 0 Å². The molecule has 0 aromatic heterocycles. The first-order chi connectivity index (χ1) is 6.52. The molecule has 0 bridgehead atoms. The van der Waals surface area contributed by atoms with Gasteiger partial charge in [0.25, 0.3) is 0 Å². The average molecular weight is 195 g/mol. The van der Waals surface area contributed by atoms with E-state index in [1.54, 1.807) is 0 Å². The number of rotatable bonds is 5. The van der Waals surface area contributed by atoms with Gasteiger partial charge in [-0.05, 0) is 27.2 Å². The molecule has 0 aliphatic carbocycles. The normalized spacial score (nSPS) is 11.3. The first-order valence-corrected chi connectivity index (χ1v) is 5.13. The predicted molar refractivity (Wildman–Crippen MR) is 61.1 cm³/mol. The number of carbonyl (C=O) groups excluding carboxylic acids is 1. The second kappa shape index (κ2) is 6.41. The molecule has 0 heterocycles. The summed E-state index contributed by atoms with van der Waals surface area (Å²) in [6.45, 7) is 13.0. The third kappa shape index (κ3) is 4.26. The zero-order valence-corrected chi connectivity index (χ0v) is 9.76. The second-order valence-corrected chi connectivity index (χ2v) is 3.57. The maximum Gasteiger partial charge on any atom is 0.249 e.